The van der Waals surface area contributed by atoms with Crippen molar-refractivity contribution < 1.29 is 4.42 Å². The molecule has 0 fully saturated rings. The molecule has 1 aromatic rings. The van der Waals surface area contributed by atoms with Crippen molar-refractivity contribution in [2.24, 2.45) is 11.5 Å². The second kappa shape index (κ2) is 3.18. The van der Waals surface area contributed by atoms with E-state index < -0.39 is 0 Å². The van der Waals surface area contributed by atoms with E-state index in [4.69, 9.17) is 15.9 Å². The summed E-state index contributed by atoms with van der Waals surface area (Å²) >= 11 is 3.24. The molecule has 56 valence electrons. The first-order chi connectivity index (χ1) is 4.74. The highest BCUT2D eigenvalue weighted by Gasteiger charge is 2.06. The zero-order valence-electron chi connectivity index (χ0n) is 5.38. The van der Waals surface area contributed by atoms with Crippen LogP contribution in [0, 0.1) is 0 Å². The summed E-state index contributed by atoms with van der Waals surface area (Å²) in [7, 11) is 0. The number of hydrogen-bond acceptors (Lipinski definition) is 3. The van der Waals surface area contributed by atoms with Crippen molar-refractivity contribution in [2.45, 2.75) is 6.04 Å². The molecule has 4 heteroatoms. The van der Waals surface area contributed by atoms with Crippen molar-refractivity contribution in [1.82, 2.24) is 0 Å². The molecule has 1 unspecified atom stereocenters. The lowest BCUT2D eigenvalue weighted by Crippen LogP contribution is -2.19. The molecule has 0 bridgehead atoms. The van der Waals surface area contributed by atoms with Gasteiger partial charge in [0.15, 0.2) is 0 Å². The third-order valence-corrected chi connectivity index (χ3v) is 1.62. The Hall–Kier alpha value is -0.320. The molecule has 1 aromatic heterocycles. The van der Waals surface area contributed by atoms with E-state index in [1.165, 1.54) is 0 Å². The van der Waals surface area contributed by atoms with Gasteiger partial charge in [-0.1, -0.05) is 0 Å². The smallest absolute Gasteiger partial charge is 0.122 e. The maximum atomic E-state index is 5.57. The largest absolute Gasteiger partial charge is 0.466 e. The third-order valence-electron chi connectivity index (χ3n) is 1.21. The molecular weight excluding hydrogens is 196 g/mol. The fourth-order valence-corrected chi connectivity index (χ4v) is 0.958. The van der Waals surface area contributed by atoms with Gasteiger partial charge in [-0.25, -0.2) is 0 Å². The van der Waals surface area contributed by atoms with Crippen LogP contribution in [0.1, 0.15) is 11.8 Å². The number of furan rings is 1. The van der Waals surface area contributed by atoms with Crippen molar-refractivity contribution >= 4 is 15.9 Å². The number of nitrogens with two attached hydrogens (primary N) is 2. The van der Waals surface area contributed by atoms with Crippen LogP contribution in [0.5, 0.6) is 0 Å². The van der Waals surface area contributed by atoms with Gasteiger partial charge < -0.3 is 15.9 Å². The number of hydrogen-bond donors (Lipinski definition) is 2. The van der Waals surface area contributed by atoms with Gasteiger partial charge in [-0.2, -0.15) is 0 Å². The van der Waals surface area contributed by atoms with Crippen LogP contribution in [-0.2, 0) is 0 Å². The SMILES string of the molecule is NCC(N)c1cc(Br)co1. The van der Waals surface area contributed by atoms with Gasteiger partial charge in [0, 0.05) is 6.54 Å². The summed E-state index contributed by atoms with van der Waals surface area (Å²) in [5.41, 5.74) is 10.9. The summed E-state index contributed by atoms with van der Waals surface area (Å²) in [6, 6.07) is 1.63. The van der Waals surface area contributed by atoms with E-state index in [1.54, 1.807) is 6.26 Å². The van der Waals surface area contributed by atoms with E-state index in [2.05, 4.69) is 15.9 Å². The Kier molecular flexibility index (Phi) is 2.48. The lowest BCUT2D eigenvalue weighted by atomic mass is 10.2. The first-order valence-electron chi connectivity index (χ1n) is 2.93. The summed E-state index contributed by atoms with van der Waals surface area (Å²) in [6.07, 6.45) is 1.59. The topological polar surface area (TPSA) is 65.2 Å². The first-order valence-corrected chi connectivity index (χ1v) is 3.73. The minimum atomic E-state index is -0.189. The fourth-order valence-electron chi connectivity index (χ4n) is 0.639. The van der Waals surface area contributed by atoms with Crippen molar-refractivity contribution in [2.75, 3.05) is 6.54 Å². The second-order valence-electron chi connectivity index (χ2n) is 2.01. The zero-order valence-corrected chi connectivity index (χ0v) is 6.97. The predicted octanol–water partition coefficient (Wildman–Crippen LogP) is 1.00. The molecule has 1 rings (SSSR count). The lowest BCUT2D eigenvalue weighted by Gasteiger charge is -2.01. The summed E-state index contributed by atoms with van der Waals surface area (Å²) < 4.78 is 5.96. The maximum absolute atomic E-state index is 5.57. The second-order valence-corrected chi connectivity index (χ2v) is 2.93. The van der Waals surface area contributed by atoms with Crippen LogP contribution in [0.25, 0.3) is 0 Å². The maximum Gasteiger partial charge on any atom is 0.122 e. The van der Waals surface area contributed by atoms with Crippen LogP contribution >= 0.6 is 15.9 Å². The molecule has 0 aliphatic rings. The van der Waals surface area contributed by atoms with Crippen LogP contribution in [0.3, 0.4) is 0 Å². The Morgan fingerprint density at radius 1 is 1.70 bits per heavy atom. The van der Waals surface area contributed by atoms with Crippen LogP contribution in [0.4, 0.5) is 0 Å². The van der Waals surface area contributed by atoms with Gasteiger partial charge in [-0.05, 0) is 22.0 Å². The van der Waals surface area contributed by atoms with E-state index in [9.17, 15) is 0 Å². The van der Waals surface area contributed by atoms with Crippen LogP contribution in [0.15, 0.2) is 21.2 Å². The molecule has 0 aliphatic heterocycles. The quantitative estimate of drug-likeness (QED) is 0.756. The Morgan fingerprint density at radius 3 is 2.80 bits per heavy atom. The first kappa shape index (κ1) is 7.78. The minimum Gasteiger partial charge on any atom is -0.466 e. The van der Waals surface area contributed by atoms with E-state index in [-0.39, 0.29) is 6.04 Å². The molecule has 0 aliphatic carbocycles. The minimum absolute atomic E-state index is 0.189. The summed E-state index contributed by atoms with van der Waals surface area (Å²) in [6.45, 7) is 0.403. The van der Waals surface area contributed by atoms with Crippen LogP contribution < -0.4 is 11.5 Å². The summed E-state index contributed by atoms with van der Waals surface area (Å²) in [4.78, 5) is 0. The summed E-state index contributed by atoms with van der Waals surface area (Å²) in [5.74, 6) is 0.717. The highest BCUT2D eigenvalue weighted by Crippen LogP contribution is 2.17. The van der Waals surface area contributed by atoms with E-state index in [0.717, 1.165) is 10.2 Å². The monoisotopic (exact) mass is 204 g/mol. The van der Waals surface area contributed by atoms with Crippen LogP contribution in [-0.4, -0.2) is 6.54 Å². The van der Waals surface area contributed by atoms with Gasteiger partial charge in [0.1, 0.15) is 12.0 Å². The molecule has 0 amide bonds. The molecule has 0 radical (unpaired) electrons. The molecule has 0 saturated carbocycles. The number of halogens is 1. The van der Waals surface area contributed by atoms with Crippen LogP contribution in [0.2, 0.25) is 0 Å². The van der Waals surface area contributed by atoms with E-state index in [1.807, 2.05) is 6.07 Å². The zero-order chi connectivity index (χ0) is 7.56. The molecule has 4 N–H and O–H groups in total. The van der Waals surface area contributed by atoms with Gasteiger partial charge in [0.05, 0.1) is 10.5 Å². The molecule has 1 heterocycles. The highest BCUT2D eigenvalue weighted by atomic mass is 79.9. The van der Waals surface area contributed by atoms with Gasteiger partial charge >= 0.3 is 0 Å². The molecule has 1 atom stereocenters. The highest BCUT2D eigenvalue weighted by molar-refractivity contribution is 9.10. The molecule has 3 nitrogen and oxygen atoms in total. The van der Waals surface area contributed by atoms with Gasteiger partial charge in [0.2, 0.25) is 0 Å². The molecule has 0 spiro atoms. The Balaban J connectivity index is 2.74. The molecular formula is C6H9BrN2O. The van der Waals surface area contributed by atoms with Crippen molar-refractivity contribution in [3.05, 3.63) is 22.6 Å². The average molecular weight is 205 g/mol. The van der Waals surface area contributed by atoms with Crippen molar-refractivity contribution in [3.63, 3.8) is 0 Å². The Morgan fingerprint density at radius 2 is 2.40 bits per heavy atom. The fraction of sp³-hybridized carbons (Fsp3) is 0.333. The Labute approximate surface area is 67.5 Å². The van der Waals surface area contributed by atoms with Gasteiger partial charge in [-0.3, -0.25) is 0 Å². The van der Waals surface area contributed by atoms with Crippen molar-refractivity contribution in [3.8, 4) is 0 Å². The number of rotatable bonds is 2. The molecule has 10 heavy (non-hydrogen) atoms. The lowest BCUT2D eigenvalue weighted by molar-refractivity contribution is 0.469. The molecule has 0 aromatic carbocycles. The summed E-state index contributed by atoms with van der Waals surface area (Å²) in [5, 5.41) is 0. The standard InChI is InChI=1S/C6H9BrN2O/c7-4-1-6(10-3-4)5(9)2-8/h1,3,5H,2,8-9H2. The van der Waals surface area contributed by atoms with Gasteiger partial charge in [0.25, 0.3) is 0 Å². The normalized spacial score (nSPS) is 13.5. The van der Waals surface area contributed by atoms with E-state index in [0.29, 0.717) is 6.54 Å². The van der Waals surface area contributed by atoms with E-state index >= 15 is 0 Å². The third kappa shape index (κ3) is 1.59. The molecule has 0 saturated heterocycles. The Bertz CT molecular complexity index is 211. The predicted molar refractivity (Wildman–Crippen MR) is 42.4 cm³/mol. The van der Waals surface area contributed by atoms with Crippen molar-refractivity contribution in [1.29, 1.82) is 0 Å². The average Bonchev–Trinajstić information content (AvgIpc) is 2.34. The van der Waals surface area contributed by atoms with Gasteiger partial charge in [-0.15, -0.1) is 0 Å².